The van der Waals surface area contributed by atoms with Gasteiger partial charge >= 0.3 is 20.4 Å². The van der Waals surface area contributed by atoms with Gasteiger partial charge in [-0.15, -0.1) is 20.5 Å². The van der Waals surface area contributed by atoms with Gasteiger partial charge in [0, 0.05) is 0 Å². The van der Waals surface area contributed by atoms with Gasteiger partial charge in [-0.05, 0) is 0 Å². The minimum absolute atomic E-state index is 0. The first-order valence-electron chi connectivity index (χ1n) is 3.13. The quantitative estimate of drug-likeness (QED) is 0.526. The Balaban J connectivity index is 0. The van der Waals surface area contributed by atoms with Gasteiger partial charge < -0.3 is 0 Å². The number of halogens is 1. The highest BCUT2D eigenvalue weighted by Gasteiger charge is 2.02. The molecule has 0 aliphatic carbocycles. The average molecular weight is 147 g/mol. The van der Waals surface area contributed by atoms with Crippen LogP contribution in [0.15, 0.2) is 0 Å². The van der Waals surface area contributed by atoms with Crippen molar-refractivity contribution < 1.29 is 0 Å². The lowest BCUT2D eigenvalue weighted by molar-refractivity contribution is 0.971. The van der Waals surface area contributed by atoms with Crippen molar-refractivity contribution >= 4 is 32.8 Å². The highest BCUT2D eigenvalue weighted by atomic mass is 35.5. The van der Waals surface area contributed by atoms with E-state index in [0.717, 1.165) is 8.09 Å². The zero-order valence-electron chi connectivity index (χ0n) is 6.27. The van der Waals surface area contributed by atoms with Crippen LogP contribution in [0.5, 0.6) is 0 Å². The van der Waals surface area contributed by atoms with Crippen molar-refractivity contribution in [1.29, 1.82) is 0 Å². The van der Waals surface area contributed by atoms with E-state index in [2.05, 4.69) is 27.7 Å². The topological polar surface area (TPSA) is 0 Å². The van der Waals surface area contributed by atoms with Crippen LogP contribution in [0.1, 0.15) is 27.7 Å². The monoisotopic (exact) mass is 146 g/mol. The van der Waals surface area contributed by atoms with E-state index in [4.69, 9.17) is 0 Å². The zero-order valence-corrected chi connectivity index (χ0v) is 8.50. The minimum atomic E-state index is 0. The molecule has 8 heavy (non-hydrogen) atoms. The molecule has 0 saturated carbocycles. The number of rotatable bonds is 2. The zero-order chi connectivity index (χ0) is 5.86. The molecule has 0 amide bonds. The fourth-order valence-electron chi connectivity index (χ4n) is 0.943. The number of hydrogen-bond acceptors (Lipinski definition) is 0. The summed E-state index contributed by atoms with van der Waals surface area (Å²) in [5, 5.41) is 0. The Labute approximate surface area is 68.6 Å². The van der Waals surface area contributed by atoms with E-state index in [-0.39, 0.29) is 32.8 Å². The predicted molar refractivity (Wildman–Crippen MR) is 43.2 cm³/mol. The van der Waals surface area contributed by atoms with Crippen LogP contribution in [0.2, 0.25) is 8.09 Å². The molecule has 2 heteroatoms. The average Bonchev–Trinajstić information content (AvgIpc) is 1.27. The fraction of sp³-hybridized carbons (Fsp3) is 1.00. The van der Waals surface area contributed by atoms with Crippen LogP contribution < -0.4 is 0 Å². The minimum Gasteiger partial charge on any atom is -0.147 e. The van der Waals surface area contributed by atoms with Crippen LogP contribution in [0.25, 0.3) is 0 Å². The Morgan fingerprint density at radius 1 is 0.875 bits per heavy atom. The Morgan fingerprint density at radius 3 is 1.12 bits per heavy atom. The SMILES string of the molecule is C[CH](C)[Mg][CH](C)C.Cl. The van der Waals surface area contributed by atoms with Crippen molar-refractivity contribution in [3.8, 4) is 0 Å². The molecule has 0 nitrogen and oxygen atoms in total. The maximum absolute atomic E-state index is 2.33. The summed E-state index contributed by atoms with van der Waals surface area (Å²) >= 11 is 0.281. The third-order valence-electron chi connectivity index (χ3n) is 0.943. The summed E-state index contributed by atoms with van der Waals surface area (Å²) in [6.07, 6.45) is 0. The van der Waals surface area contributed by atoms with E-state index in [1.54, 1.807) is 0 Å². The molecular weight excluding hydrogens is 132 g/mol. The summed E-state index contributed by atoms with van der Waals surface area (Å²) in [6.45, 7) is 9.30. The lowest BCUT2D eigenvalue weighted by atomic mass is 10.5. The molecule has 0 saturated heterocycles. The van der Waals surface area contributed by atoms with Gasteiger partial charge in [0.1, 0.15) is 0 Å². The molecule has 0 aromatic rings. The molecule has 0 spiro atoms. The second-order valence-electron chi connectivity index (χ2n) is 3.02. The first-order valence-corrected chi connectivity index (χ1v) is 4.76. The Hall–Kier alpha value is 1.06. The fourth-order valence-corrected chi connectivity index (χ4v) is 2.83. The van der Waals surface area contributed by atoms with Gasteiger partial charge in [0.25, 0.3) is 0 Å². The van der Waals surface area contributed by atoms with Crippen molar-refractivity contribution in [2.24, 2.45) is 0 Å². The molecule has 0 unspecified atom stereocenters. The Kier molecular flexibility index (Phi) is 9.12. The molecular formula is C6H15ClMg. The molecule has 0 aromatic carbocycles. The van der Waals surface area contributed by atoms with Crippen LogP contribution in [0.3, 0.4) is 0 Å². The summed E-state index contributed by atoms with van der Waals surface area (Å²) in [4.78, 5) is 0. The number of hydrogen-bond donors (Lipinski definition) is 0. The molecule has 48 valence electrons. The van der Waals surface area contributed by atoms with Gasteiger partial charge in [0.05, 0.1) is 0 Å². The van der Waals surface area contributed by atoms with Gasteiger partial charge in [0.2, 0.25) is 0 Å². The van der Waals surface area contributed by atoms with Crippen LogP contribution in [-0.2, 0) is 0 Å². The normalized spacial score (nSPS) is 8.75. The third kappa shape index (κ3) is 10.1. The predicted octanol–water partition coefficient (Wildman–Crippen LogP) is 2.77. The summed E-state index contributed by atoms with van der Waals surface area (Å²) in [6, 6.07) is 0. The summed E-state index contributed by atoms with van der Waals surface area (Å²) in [5.74, 6) is 0. The molecule has 0 aliphatic rings. The molecule has 0 aromatic heterocycles. The van der Waals surface area contributed by atoms with Crippen LogP contribution >= 0.6 is 12.4 Å². The molecule has 0 aliphatic heterocycles. The van der Waals surface area contributed by atoms with Gasteiger partial charge in [-0.1, -0.05) is 27.7 Å². The first-order chi connectivity index (χ1) is 3.13. The lowest BCUT2D eigenvalue weighted by Crippen LogP contribution is -1.98. The van der Waals surface area contributed by atoms with Crippen molar-refractivity contribution in [2.75, 3.05) is 0 Å². The molecule has 0 fully saturated rings. The van der Waals surface area contributed by atoms with E-state index in [1.165, 1.54) is 0 Å². The second kappa shape index (κ2) is 6.18. The van der Waals surface area contributed by atoms with Crippen LogP contribution in [-0.4, -0.2) is 20.4 Å². The van der Waals surface area contributed by atoms with Gasteiger partial charge in [-0.3, -0.25) is 0 Å². The van der Waals surface area contributed by atoms with Crippen molar-refractivity contribution in [2.45, 2.75) is 35.8 Å². The largest absolute Gasteiger partial charge is 0.371 e. The smallest absolute Gasteiger partial charge is 0.147 e. The van der Waals surface area contributed by atoms with E-state index >= 15 is 0 Å². The highest BCUT2D eigenvalue weighted by molar-refractivity contribution is 6.38. The maximum atomic E-state index is 2.33. The van der Waals surface area contributed by atoms with E-state index < -0.39 is 0 Å². The van der Waals surface area contributed by atoms with E-state index in [9.17, 15) is 0 Å². The van der Waals surface area contributed by atoms with Crippen molar-refractivity contribution in [3.05, 3.63) is 0 Å². The molecule has 0 heterocycles. The van der Waals surface area contributed by atoms with E-state index in [0.29, 0.717) is 0 Å². The molecule has 0 N–H and O–H groups in total. The van der Waals surface area contributed by atoms with Crippen LogP contribution in [0.4, 0.5) is 0 Å². The van der Waals surface area contributed by atoms with Crippen LogP contribution in [0, 0.1) is 0 Å². The van der Waals surface area contributed by atoms with Gasteiger partial charge in [-0.2, -0.15) is 0 Å². The van der Waals surface area contributed by atoms with Crippen molar-refractivity contribution in [1.82, 2.24) is 0 Å². The van der Waals surface area contributed by atoms with Gasteiger partial charge in [-0.25, -0.2) is 0 Å². The third-order valence-corrected chi connectivity index (χ3v) is 2.83. The summed E-state index contributed by atoms with van der Waals surface area (Å²) in [7, 11) is 0. The summed E-state index contributed by atoms with van der Waals surface area (Å²) < 4.78 is 2.03. The molecule has 0 rings (SSSR count). The molecule has 0 radical (unpaired) electrons. The Bertz CT molecular complexity index is 37.8. The molecule has 0 bridgehead atoms. The summed E-state index contributed by atoms with van der Waals surface area (Å²) in [5.41, 5.74) is 0. The Morgan fingerprint density at radius 2 is 1.12 bits per heavy atom. The first kappa shape index (κ1) is 11.8. The second-order valence-corrected chi connectivity index (χ2v) is 6.76. The highest BCUT2D eigenvalue weighted by Crippen LogP contribution is 2.07. The maximum Gasteiger partial charge on any atom is 0.371 e. The van der Waals surface area contributed by atoms with E-state index in [1.807, 2.05) is 0 Å². The standard InChI is InChI=1S/2C3H7.ClH.Mg/c2*1-3-2;;/h2*3H,1-2H3;1H;. The molecule has 0 atom stereocenters. The van der Waals surface area contributed by atoms with Gasteiger partial charge in [0.15, 0.2) is 0 Å². The van der Waals surface area contributed by atoms with Crippen molar-refractivity contribution in [3.63, 3.8) is 0 Å². The lowest BCUT2D eigenvalue weighted by Gasteiger charge is -2.01.